The lowest BCUT2D eigenvalue weighted by molar-refractivity contribution is -0.153. The number of hydrogen-bond donors (Lipinski definition) is 2. The van der Waals surface area contributed by atoms with Crippen LogP contribution >= 0.6 is 0 Å². The molecule has 0 aliphatic heterocycles. The van der Waals surface area contributed by atoms with Crippen LogP contribution in [0.5, 0.6) is 0 Å². The van der Waals surface area contributed by atoms with Crippen LogP contribution in [0, 0.1) is 0 Å². The average Bonchev–Trinajstić information content (AvgIpc) is 2.48. The van der Waals surface area contributed by atoms with Crippen LogP contribution in [0.3, 0.4) is 0 Å². The molecule has 1 aliphatic rings. The average molecular weight is 385 g/mol. The Balaban J connectivity index is 0.00000153. The maximum absolute atomic E-state index is 11.9. The minimum absolute atomic E-state index is 0.0157. The van der Waals surface area contributed by atoms with Crippen LogP contribution in [-0.4, -0.2) is 41.1 Å². The zero-order valence-corrected chi connectivity index (χ0v) is 16.2. The molecule has 1 atom stereocenters. The molecule has 0 aromatic rings. The highest BCUT2D eigenvalue weighted by Crippen LogP contribution is 2.20. The van der Waals surface area contributed by atoms with Crippen molar-refractivity contribution in [3.8, 4) is 0 Å². The van der Waals surface area contributed by atoms with Crippen LogP contribution in [-0.2, 0) is 28.7 Å². The summed E-state index contributed by atoms with van der Waals surface area (Å²) in [5, 5.41) is 8.62. The van der Waals surface area contributed by atoms with Gasteiger partial charge in [-0.3, -0.25) is 14.4 Å². The predicted molar refractivity (Wildman–Crippen MR) is 98.6 cm³/mol. The minimum atomic E-state index is -1.06. The highest BCUT2D eigenvalue weighted by molar-refractivity contribution is 5.93. The van der Waals surface area contributed by atoms with Crippen molar-refractivity contribution in [2.45, 2.75) is 83.8 Å². The van der Waals surface area contributed by atoms with Crippen molar-refractivity contribution in [1.29, 1.82) is 0 Å². The number of carbonyl (C=O) groups excluding carboxylic acids is 3. The van der Waals surface area contributed by atoms with Crippen LogP contribution < -0.4 is 5.73 Å². The topological polar surface area (TPSA) is 133 Å². The van der Waals surface area contributed by atoms with Gasteiger partial charge in [-0.2, -0.15) is 0 Å². The lowest BCUT2D eigenvalue weighted by Gasteiger charge is -2.20. The van der Waals surface area contributed by atoms with Crippen molar-refractivity contribution >= 4 is 23.8 Å². The van der Waals surface area contributed by atoms with Gasteiger partial charge in [0.2, 0.25) is 5.91 Å². The molecular formula is C19H31NO7. The maximum atomic E-state index is 11.9. The molecule has 8 heteroatoms. The lowest BCUT2D eigenvalue weighted by Crippen LogP contribution is -2.23. The molecule has 1 amide bonds. The first-order valence-corrected chi connectivity index (χ1v) is 9.17. The van der Waals surface area contributed by atoms with E-state index in [1.165, 1.54) is 20.3 Å². The number of amides is 1. The van der Waals surface area contributed by atoms with Gasteiger partial charge in [0, 0.05) is 12.5 Å². The summed E-state index contributed by atoms with van der Waals surface area (Å²) in [5.41, 5.74) is 4.46. The fourth-order valence-electron chi connectivity index (χ4n) is 2.56. The number of carboxylic acid groups (broad SMARTS) is 1. The van der Waals surface area contributed by atoms with E-state index in [1.54, 1.807) is 0 Å². The highest BCUT2D eigenvalue weighted by atomic mass is 16.6. The molecule has 0 spiro atoms. The normalized spacial score (nSPS) is 15.8. The van der Waals surface area contributed by atoms with E-state index < -0.39 is 24.0 Å². The van der Waals surface area contributed by atoms with Gasteiger partial charge in [-0.25, -0.2) is 4.79 Å². The highest BCUT2D eigenvalue weighted by Gasteiger charge is 2.21. The van der Waals surface area contributed by atoms with Gasteiger partial charge in [-0.05, 0) is 32.6 Å². The summed E-state index contributed by atoms with van der Waals surface area (Å²) in [6.45, 7) is 6.31. The van der Waals surface area contributed by atoms with Crippen molar-refractivity contribution in [3.63, 3.8) is 0 Å². The number of aliphatic carboxylic acids is 1. The number of carboxylic acids is 1. The molecule has 8 nitrogen and oxygen atoms in total. The minimum Gasteiger partial charge on any atom is -0.481 e. The maximum Gasteiger partial charge on any atom is 0.334 e. The third-order valence-electron chi connectivity index (χ3n) is 3.77. The smallest absolute Gasteiger partial charge is 0.334 e. The molecule has 0 aromatic heterocycles. The number of rotatable bonds is 7. The summed E-state index contributed by atoms with van der Waals surface area (Å²) >= 11 is 0. The number of esters is 2. The Kier molecular flexibility index (Phi) is 12.6. The Morgan fingerprint density at radius 2 is 1.59 bits per heavy atom. The monoisotopic (exact) mass is 385 g/mol. The quantitative estimate of drug-likeness (QED) is 0.508. The Hall–Kier alpha value is -2.38. The second-order valence-electron chi connectivity index (χ2n) is 6.66. The van der Waals surface area contributed by atoms with Gasteiger partial charge in [0.1, 0.15) is 12.2 Å². The van der Waals surface area contributed by atoms with E-state index in [9.17, 15) is 19.2 Å². The summed E-state index contributed by atoms with van der Waals surface area (Å²) in [6.07, 6.45) is 6.01. The molecule has 1 aliphatic carbocycles. The van der Waals surface area contributed by atoms with Crippen molar-refractivity contribution < 1.29 is 33.8 Å². The number of ether oxygens (including phenoxy) is 2. The van der Waals surface area contributed by atoms with Gasteiger partial charge < -0.3 is 20.3 Å². The molecule has 0 heterocycles. The molecule has 1 fully saturated rings. The Morgan fingerprint density at radius 1 is 1.11 bits per heavy atom. The standard InChI is InChI=1S/C17H26O6.C2H5NO/c1-12(17(21)22-13(2)11-15(18)19)10-16(20)23-14-8-6-4-3-5-7-9-14;1-2(3)4/h13-14H,1,3-11H2,2H3,(H,18,19);1H3,(H2,3,4). The Morgan fingerprint density at radius 3 is 2.07 bits per heavy atom. The van der Waals surface area contributed by atoms with E-state index in [4.69, 9.17) is 14.6 Å². The molecule has 0 radical (unpaired) electrons. The van der Waals surface area contributed by atoms with Gasteiger partial charge in [0.05, 0.1) is 12.8 Å². The molecule has 0 bridgehead atoms. The summed E-state index contributed by atoms with van der Waals surface area (Å²) in [6, 6.07) is 0. The zero-order valence-electron chi connectivity index (χ0n) is 16.2. The molecule has 1 unspecified atom stereocenters. The van der Waals surface area contributed by atoms with Crippen molar-refractivity contribution in [2.24, 2.45) is 5.73 Å². The van der Waals surface area contributed by atoms with Gasteiger partial charge in [-0.15, -0.1) is 0 Å². The fourth-order valence-corrected chi connectivity index (χ4v) is 2.56. The van der Waals surface area contributed by atoms with Gasteiger partial charge in [0.25, 0.3) is 0 Å². The summed E-state index contributed by atoms with van der Waals surface area (Å²) in [5.74, 6) is -2.63. The first-order chi connectivity index (χ1) is 12.6. The first kappa shape index (κ1) is 24.6. The zero-order chi connectivity index (χ0) is 20.8. The van der Waals surface area contributed by atoms with E-state index in [2.05, 4.69) is 12.3 Å². The van der Waals surface area contributed by atoms with Crippen LogP contribution in [0.1, 0.15) is 71.6 Å². The van der Waals surface area contributed by atoms with E-state index in [0.717, 1.165) is 38.5 Å². The molecule has 0 saturated heterocycles. The van der Waals surface area contributed by atoms with E-state index in [1.807, 2.05) is 0 Å². The van der Waals surface area contributed by atoms with Crippen LogP contribution in [0.25, 0.3) is 0 Å². The number of hydrogen-bond acceptors (Lipinski definition) is 6. The van der Waals surface area contributed by atoms with Gasteiger partial charge in [0.15, 0.2) is 0 Å². The van der Waals surface area contributed by atoms with E-state index >= 15 is 0 Å². The predicted octanol–water partition coefficient (Wildman–Crippen LogP) is 2.49. The second kappa shape index (κ2) is 13.8. The molecule has 1 saturated carbocycles. The third kappa shape index (κ3) is 14.5. The van der Waals surface area contributed by atoms with Crippen LogP contribution in [0.15, 0.2) is 12.2 Å². The SMILES string of the molecule is C=C(CC(=O)OC1CCCCCCC1)C(=O)OC(C)CC(=O)O.CC(N)=O. The summed E-state index contributed by atoms with van der Waals surface area (Å²) < 4.78 is 10.3. The largest absolute Gasteiger partial charge is 0.481 e. The van der Waals surface area contributed by atoms with Crippen molar-refractivity contribution in [2.75, 3.05) is 0 Å². The molecule has 3 N–H and O–H groups in total. The third-order valence-corrected chi connectivity index (χ3v) is 3.77. The fraction of sp³-hybridized carbons (Fsp3) is 0.684. The van der Waals surface area contributed by atoms with Gasteiger partial charge >= 0.3 is 17.9 Å². The number of nitrogens with two attached hydrogens (primary N) is 1. The molecule has 27 heavy (non-hydrogen) atoms. The number of primary amides is 1. The second-order valence-corrected chi connectivity index (χ2v) is 6.66. The van der Waals surface area contributed by atoms with Crippen molar-refractivity contribution in [1.82, 2.24) is 0 Å². The van der Waals surface area contributed by atoms with Crippen LogP contribution in [0.4, 0.5) is 0 Å². The van der Waals surface area contributed by atoms with E-state index in [-0.39, 0.29) is 30.4 Å². The molecular weight excluding hydrogens is 354 g/mol. The number of carbonyl (C=O) groups is 4. The van der Waals surface area contributed by atoms with Crippen LogP contribution in [0.2, 0.25) is 0 Å². The summed E-state index contributed by atoms with van der Waals surface area (Å²) in [4.78, 5) is 43.4. The van der Waals surface area contributed by atoms with Gasteiger partial charge in [-0.1, -0.05) is 25.8 Å². The lowest BCUT2D eigenvalue weighted by atomic mass is 9.98. The Labute approximate surface area is 160 Å². The van der Waals surface area contributed by atoms with E-state index in [0.29, 0.717) is 0 Å². The first-order valence-electron chi connectivity index (χ1n) is 9.17. The van der Waals surface area contributed by atoms with Crippen molar-refractivity contribution in [3.05, 3.63) is 12.2 Å². The summed E-state index contributed by atoms with van der Waals surface area (Å²) in [7, 11) is 0. The molecule has 0 aromatic carbocycles. The molecule has 154 valence electrons. The Bertz CT molecular complexity index is 518. The molecule has 1 rings (SSSR count).